The van der Waals surface area contributed by atoms with Gasteiger partial charge >= 0.3 is 6.09 Å². The third kappa shape index (κ3) is 7.93. The number of pyridine rings is 1. The molecular weight excluding hydrogens is 751 g/mol. The number of hydrogen-bond acceptors (Lipinski definition) is 9. The van der Waals surface area contributed by atoms with E-state index < -0.39 is 17.0 Å². The standard InChI is InChI=1S/C45H55N7O7/c1-9-40(53)47-35-21-29(11-12-36(35)49-19-17-48(5)18-20-49)34-22-30(13-15-46-34)37-25-32-41(52(37)44(2,3)4)45(14-10-16-50(27-45)43(55)56)28-51(42(32)54)26-33-38(58-7)23-31(57-6)24-39(33)59-8/h9,11-13,15,21-25H,1,10,14,16-20,26-28H2,2-8H3,(H,47,53)(H,55,56). The van der Waals surface area contributed by atoms with Gasteiger partial charge in [0.05, 0.1) is 56.1 Å². The number of likely N-dealkylation sites (tertiary alicyclic amines) is 1. The average molecular weight is 806 g/mol. The number of likely N-dealkylation sites (N-methyl/N-ethyl adjacent to an activating group) is 1. The first-order valence-corrected chi connectivity index (χ1v) is 20.0. The Morgan fingerprint density at radius 3 is 2.27 bits per heavy atom. The van der Waals surface area contributed by atoms with Crippen LogP contribution in [0.2, 0.25) is 0 Å². The molecule has 2 saturated heterocycles. The number of nitrogens with one attached hydrogen (secondary N) is 1. The molecule has 0 saturated carbocycles. The number of amides is 3. The van der Waals surface area contributed by atoms with Gasteiger partial charge in [-0.3, -0.25) is 14.6 Å². The van der Waals surface area contributed by atoms with Gasteiger partial charge in [0.2, 0.25) is 5.91 Å². The van der Waals surface area contributed by atoms with E-state index in [1.54, 1.807) is 44.6 Å². The third-order valence-corrected chi connectivity index (χ3v) is 11.8. The predicted molar refractivity (Wildman–Crippen MR) is 228 cm³/mol. The van der Waals surface area contributed by atoms with E-state index in [9.17, 15) is 19.5 Å². The van der Waals surface area contributed by atoms with E-state index in [4.69, 9.17) is 19.2 Å². The van der Waals surface area contributed by atoms with Crippen LogP contribution in [0.15, 0.2) is 67.4 Å². The number of benzene rings is 2. The number of carboxylic acid groups (broad SMARTS) is 1. The van der Waals surface area contributed by atoms with Crippen LogP contribution in [-0.2, 0) is 22.3 Å². The number of piperidine rings is 1. The van der Waals surface area contributed by atoms with Gasteiger partial charge in [0, 0.05) is 97.6 Å². The summed E-state index contributed by atoms with van der Waals surface area (Å²) in [5.74, 6) is 1.13. The Labute approximate surface area is 346 Å². The van der Waals surface area contributed by atoms with Crippen molar-refractivity contribution in [2.75, 3.05) is 84.4 Å². The number of carbonyl (C=O) groups excluding carboxylic acids is 2. The van der Waals surface area contributed by atoms with Gasteiger partial charge in [0.25, 0.3) is 5.91 Å². The van der Waals surface area contributed by atoms with Gasteiger partial charge in [-0.1, -0.05) is 12.6 Å². The van der Waals surface area contributed by atoms with E-state index in [0.29, 0.717) is 65.7 Å². The fourth-order valence-corrected chi connectivity index (χ4v) is 9.01. The Kier molecular flexibility index (Phi) is 11.4. The van der Waals surface area contributed by atoms with E-state index in [1.165, 1.54) is 11.0 Å². The largest absolute Gasteiger partial charge is 0.496 e. The van der Waals surface area contributed by atoms with Crippen molar-refractivity contribution in [3.05, 3.63) is 84.2 Å². The molecule has 2 N–H and O–H groups in total. The number of fused-ring (bicyclic) bond motifs is 2. The summed E-state index contributed by atoms with van der Waals surface area (Å²) in [7, 11) is 6.81. The number of ether oxygens (including phenoxy) is 3. The molecule has 3 amide bonds. The highest BCUT2D eigenvalue weighted by Gasteiger charge is 2.50. The number of nitrogens with zero attached hydrogens (tertiary/aromatic N) is 6. The van der Waals surface area contributed by atoms with Crippen LogP contribution >= 0.6 is 0 Å². The quantitative estimate of drug-likeness (QED) is 0.170. The molecule has 2 aromatic carbocycles. The van der Waals surface area contributed by atoms with Crippen LogP contribution in [0.1, 0.15) is 55.2 Å². The molecule has 3 aliphatic heterocycles. The number of hydrogen-bond donors (Lipinski definition) is 2. The summed E-state index contributed by atoms with van der Waals surface area (Å²) in [6.07, 6.45) is 3.37. The van der Waals surface area contributed by atoms with E-state index >= 15 is 0 Å². The maximum atomic E-state index is 14.9. The summed E-state index contributed by atoms with van der Waals surface area (Å²) in [6, 6.07) is 15.5. The molecule has 2 aromatic heterocycles. The molecule has 1 spiro atoms. The maximum absolute atomic E-state index is 14.9. The first-order valence-electron chi connectivity index (χ1n) is 20.0. The molecule has 7 rings (SSSR count). The molecular formula is C45H55N7O7. The van der Waals surface area contributed by atoms with Crippen LogP contribution in [0.3, 0.4) is 0 Å². The summed E-state index contributed by atoms with van der Waals surface area (Å²) in [6.45, 7) is 14.6. The SMILES string of the molecule is C=CC(=O)Nc1cc(-c2cc(-c3cc4c(n3C(C)(C)C)C3(CCCN(C(=O)O)C3)CN(Cc3c(OC)cc(OC)cc3OC)C4=O)ccn2)ccc1N1CCN(C)CC1. The van der Waals surface area contributed by atoms with E-state index in [0.717, 1.165) is 54.4 Å². The second kappa shape index (κ2) is 16.3. The lowest BCUT2D eigenvalue weighted by Gasteiger charge is -2.49. The molecule has 14 nitrogen and oxygen atoms in total. The minimum atomic E-state index is -0.984. The summed E-state index contributed by atoms with van der Waals surface area (Å²) < 4.78 is 19.3. The van der Waals surface area contributed by atoms with Crippen molar-refractivity contribution >= 4 is 29.3 Å². The lowest BCUT2D eigenvalue weighted by molar-refractivity contribution is -0.111. The Bertz CT molecular complexity index is 2250. The van der Waals surface area contributed by atoms with E-state index in [1.807, 2.05) is 36.4 Å². The lowest BCUT2D eigenvalue weighted by Crippen LogP contribution is -2.58. The minimum absolute atomic E-state index is 0.168. The molecule has 1 unspecified atom stereocenters. The van der Waals surface area contributed by atoms with Gasteiger partial charge in [0.15, 0.2) is 0 Å². The Balaban J connectivity index is 1.36. The first kappa shape index (κ1) is 41.2. The third-order valence-electron chi connectivity index (χ3n) is 11.8. The normalized spacial score (nSPS) is 18.4. The number of methoxy groups -OCH3 is 3. The smallest absolute Gasteiger partial charge is 0.407 e. The number of carbonyl (C=O) groups is 3. The van der Waals surface area contributed by atoms with Crippen molar-refractivity contribution in [1.82, 2.24) is 24.3 Å². The highest BCUT2D eigenvalue weighted by molar-refractivity contribution is 6.02. The topological polar surface area (TPSA) is 142 Å². The van der Waals surface area contributed by atoms with Crippen LogP contribution in [-0.4, -0.2) is 121 Å². The number of aromatic nitrogens is 2. The molecule has 0 aliphatic carbocycles. The maximum Gasteiger partial charge on any atom is 0.407 e. The summed E-state index contributed by atoms with van der Waals surface area (Å²) in [5.41, 5.74) is 5.61. The Morgan fingerprint density at radius 1 is 0.932 bits per heavy atom. The molecule has 5 heterocycles. The monoisotopic (exact) mass is 805 g/mol. The Hall–Kier alpha value is -6.02. The zero-order chi connectivity index (χ0) is 42.2. The zero-order valence-electron chi connectivity index (χ0n) is 35.1. The number of piperazine rings is 1. The fourth-order valence-electron chi connectivity index (χ4n) is 9.01. The van der Waals surface area contributed by atoms with Crippen molar-refractivity contribution in [1.29, 1.82) is 0 Å². The van der Waals surface area contributed by atoms with Gasteiger partial charge in [-0.15, -0.1) is 0 Å². The predicted octanol–water partition coefficient (Wildman–Crippen LogP) is 6.54. The van der Waals surface area contributed by atoms with Crippen molar-refractivity contribution in [2.24, 2.45) is 0 Å². The average Bonchev–Trinajstić information content (AvgIpc) is 3.67. The highest BCUT2D eigenvalue weighted by atomic mass is 16.5. The molecule has 0 bridgehead atoms. The van der Waals surface area contributed by atoms with Crippen LogP contribution in [0, 0.1) is 0 Å². The zero-order valence-corrected chi connectivity index (χ0v) is 35.1. The molecule has 1 atom stereocenters. The molecule has 312 valence electrons. The number of rotatable bonds is 10. The molecule has 4 aromatic rings. The van der Waals surface area contributed by atoms with Gasteiger partial charge in [-0.05, 0) is 77.1 Å². The van der Waals surface area contributed by atoms with Crippen LogP contribution in [0.25, 0.3) is 22.5 Å². The van der Waals surface area contributed by atoms with Gasteiger partial charge in [0.1, 0.15) is 17.2 Å². The first-order chi connectivity index (χ1) is 28.2. The van der Waals surface area contributed by atoms with E-state index in [-0.39, 0.29) is 24.9 Å². The second-order valence-electron chi connectivity index (χ2n) is 16.7. The fraction of sp³-hybridized carbons (Fsp3) is 0.422. The van der Waals surface area contributed by atoms with E-state index in [2.05, 4.69) is 54.1 Å². The highest BCUT2D eigenvalue weighted by Crippen LogP contribution is 2.48. The van der Waals surface area contributed by atoms with Crippen molar-refractivity contribution in [3.8, 4) is 39.8 Å². The van der Waals surface area contributed by atoms with Crippen molar-refractivity contribution in [3.63, 3.8) is 0 Å². The van der Waals surface area contributed by atoms with Crippen LogP contribution in [0.4, 0.5) is 16.2 Å². The Morgan fingerprint density at radius 2 is 1.64 bits per heavy atom. The van der Waals surface area contributed by atoms with Gasteiger partial charge < -0.3 is 48.8 Å². The van der Waals surface area contributed by atoms with Crippen molar-refractivity contribution < 1.29 is 33.7 Å². The minimum Gasteiger partial charge on any atom is -0.496 e. The molecule has 0 radical (unpaired) electrons. The summed E-state index contributed by atoms with van der Waals surface area (Å²) in [5, 5.41) is 13.4. The molecule has 59 heavy (non-hydrogen) atoms. The van der Waals surface area contributed by atoms with Gasteiger partial charge in [-0.2, -0.15) is 0 Å². The van der Waals surface area contributed by atoms with Crippen LogP contribution in [0.5, 0.6) is 17.2 Å². The lowest BCUT2D eigenvalue weighted by atomic mass is 9.72. The molecule has 2 fully saturated rings. The number of anilines is 2. The second-order valence-corrected chi connectivity index (χ2v) is 16.7. The van der Waals surface area contributed by atoms with Crippen molar-refractivity contribution in [2.45, 2.75) is 51.1 Å². The van der Waals surface area contributed by atoms with Crippen LogP contribution < -0.4 is 24.4 Å². The molecule has 3 aliphatic rings. The molecule has 14 heteroatoms. The summed E-state index contributed by atoms with van der Waals surface area (Å²) in [4.78, 5) is 52.8. The van der Waals surface area contributed by atoms with Gasteiger partial charge in [-0.25, -0.2) is 4.79 Å². The summed E-state index contributed by atoms with van der Waals surface area (Å²) >= 11 is 0.